The number of aromatic hydroxyl groups is 1. The number of para-hydroxylation sites is 1. The Morgan fingerprint density at radius 2 is 1.77 bits per heavy atom. The van der Waals surface area contributed by atoms with Gasteiger partial charge in [0.15, 0.2) is 0 Å². The van der Waals surface area contributed by atoms with Crippen LogP contribution in [-0.4, -0.2) is 42.2 Å². The van der Waals surface area contributed by atoms with Crippen molar-refractivity contribution in [3.63, 3.8) is 0 Å². The maximum atomic E-state index is 13.5. The average Bonchev–Trinajstić information content (AvgIpc) is 3.12. The summed E-state index contributed by atoms with van der Waals surface area (Å²) in [6.45, 7) is 9.43. The van der Waals surface area contributed by atoms with Crippen LogP contribution in [0.1, 0.15) is 46.7 Å². The van der Waals surface area contributed by atoms with Crippen LogP contribution >= 0.6 is 0 Å². The number of rotatable bonds is 6. The van der Waals surface area contributed by atoms with Crippen LogP contribution in [0.3, 0.4) is 0 Å². The highest BCUT2D eigenvalue weighted by Crippen LogP contribution is 2.35. The summed E-state index contributed by atoms with van der Waals surface area (Å²) >= 11 is 0. The van der Waals surface area contributed by atoms with E-state index in [9.17, 15) is 9.90 Å². The third-order valence-corrected chi connectivity index (χ3v) is 6.06. The van der Waals surface area contributed by atoms with Gasteiger partial charge in [-0.25, -0.2) is 0 Å². The van der Waals surface area contributed by atoms with E-state index in [2.05, 4.69) is 24.1 Å². The van der Waals surface area contributed by atoms with Gasteiger partial charge in [0.1, 0.15) is 17.1 Å². The normalized spacial score (nSPS) is 14.8. The molecule has 2 aromatic carbocycles. The molecule has 0 atom stereocenters. The molecule has 6 nitrogen and oxygen atoms in total. The number of phenolic OH excluding ortho intramolecular Hbond substituents is 1. The predicted molar refractivity (Wildman–Crippen MR) is 122 cm³/mol. The monoisotopic (exact) mass is 422 g/mol. The Hall–Kier alpha value is -2.83. The number of benzene rings is 2. The van der Waals surface area contributed by atoms with E-state index in [4.69, 9.17) is 9.15 Å². The Balaban J connectivity index is 1.76. The number of ether oxygens (including phenoxy) is 1. The van der Waals surface area contributed by atoms with Gasteiger partial charge < -0.3 is 19.6 Å². The number of carbonyl (C=O) groups excluding carboxylic acids is 1. The van der Waals surface area contributed by atoms with Crippen LogP contribution < -0.4 is 5.32 Å². The maximum Gasteiger partial charge on any atom is 0.259 e. The number of phenols is 1. The largest absolute Gasteiger partial charge is 0.508 e. The number of aryl methyl sites for hydroxylation is 3. The van der Waals surface area contributed by atoms with Gasteiger partial charge in [0, 0.05) is 36.3 Å². The van der Waals surface area contributed by atoms with Crippen molar-refractivity contribution in [1.82, 2.24) is 4.90 Å². The smallest absolute Gasteiger partial charge is 0.259 e. The summed E-state index contributed by atoms with van der Waals surface area (Å²) in [6, 6.07) is 9.50. The fourth-order valence-corrected chi connectivity index (χ4v) is 4.36. The lowest BCUT2D eigenvalue weighted by molar-refractivity contribution is 0.0340. The van der Waals surface area contributed by atoms with Crippen LogP contribution in [0.2, 0.25) is 0 Å². The number of morpholine rings is 1. The van der Waals surface area contributed by atoms with Crippen molar-refractivity contribution in [2.75, 3.05) is 31.6 Å². The van der Waals surface area contributed by atoms with Crippen molar-refractivity contribution in [2.24, 2.45) is 0 Å². The van der Waals surface area contributed by atoms with E-state index >= 15 is 0 Å². The number of furan rings is 1. The van der Waals surface area contributed by atoms with Crippen molar-refractivity contribution in [3.05, 3.63) is 58.3 Å². The number of nitrogens with one attached hydrogen (secondary N) is 1. The van der Waals surface area contributed by atoms with Crippen molar-refractivity contribution in [3.8, 4) is 5.75 Å². The van der Waals surface area contributed by atoms with E-state index < -0.39 is 0 Å². The third-order valence-electron chi connectivity index (χ3n) is 6.06. The molecule has 0 radical (unpaired) electrons. The zero-order valence-corrected chi connectivity index (χ0v) is 18.5. The first-order valence-corrected chi connectivity index (χ1v) is 11.0. The van der Waals surface area contributed by atoms with Gasteiger partial charge in [-0.05, 0) is 43.0 Å². The fourth-order valence-electron chi connectivity index (χ4n) is 4.36. The molecule has 3 aromatic rings. The summed E-state index contributed by atoms with van der Waals surface area (Å²) in [7, 11) is 0. The summed E-state index contributed by atoms with van der Waals surface area (Å²) in [5.41, 5.74) is 4.91. The average molecular weight is 423 g/mol. The van der Waals surface area contributed by atoms with Crippen LogP contribution in [0.5, 0.6) is 5.75 Å². The second kappa shape index (κ2) is 9.12. The first-order chi connectivity index (χ1) is 15.0. The minimum atomic E-state index is -0.208. The van der Waals surface area contributed by atoms with Gasteiger partial charge in [0.05, 0.1) is 18.8 Å². The van der Waals surface area contributed by atoms with E-state index in [-0.39, 0.29) is 11.7 Å². The Morgan fingerprint density at radius 1 is 1.10 bits per heavy atom. The molecule has 1 aliphatic rings. The molecular weight excluding hydrogens is 392 g/mol. The first kappa shape index (κ1) is 21.4. The fraction of sp³-hybridized carbons (Fsp3) is 0.400. The molecule has 1 aliphatic heterocycles. The van der Waals surface area contributed by atoms with Crippen LogP contribution in [0.15, 0.2) is 34.7 Å². The van der Waals surface area contributed by atoms with E-state index in [1.54, 1.807) is 19.1 Å². The summed E-state index contributed by atoms with van der Waals surface area (Å²) in [5.74, 6) is 0.520. The van der Waals surface area contributed by atoms with Crippen molar-refractivity contribution < 1.29 is 19.1 Å². The minimum Gasteiger partial charge on any atom is -0.508 e. The molecular formula is C25H30N2O4. The first-order valence-electron chi connectivity index (χ1n) is 11.0. The Kier molecular flexibility index (Phi) is 6.30. The molecule has 1 saturated heterocycles. The molecule has 164 valence electrons. The molecule has 1 fully saturated rings. The van der Waals surface area contributed by atoms with Crippen LogP contribution in [-0.2, 0) is 24.1 Å². The quantitative estimate of drug-likeness (QED) is 0.605. The standard InChI is InChI=1S/C25H30N2O4/c1-4-17-7-6-8-18(5-2)24(17)26-25(29)22-16(3)31-21-10-9-20(28)19(23(21)22)15-27-11-13-30-14-12-27/h6-10,28H,4-5,11-15H2,1-3H3,(H,26,29). The lowest BCUT2D eigenvalue weighted by Crippen LogP contribution is -2.35. The summed E-state index contributed by atoms with van der Waals surface area (Å²) in [6.07, 6.45) is 1.66. The number of anilines is 1. The van der Waals surface area contributed by atoms with Crippen molar-refractivity contribution in [2.45, 2.75) is 40.2 Å². The summed E-state index contributed by atoms with van der Waals surface area (Å²) in [5, 5.41) is 14.5. The number of fused-ring (bicyclic) bond motifs is 1. The molecule has 1 amide bonds. The third kappa shape index (κ3) is 4.18. The summed E-state index contributed by atoms with van der Waals surface area (Å²) < 4.78 is 11.4. The van der Waals surface area contributed by atoms with E-state index in [0.717, 1.165) is 48.3 Å². The molecule has 1 aromatic heterocycles. The van der Waals surface area contributed by atoms with Gasteiger partial charge in [-0.3, -0.25) is 9.69 Å². The molecule has 0 saturated carbocycles. The second-order valence-corrected chi connectivity index (χ2v) is 7.97. The number of nitrogens with zero attached hydrogens (tertiary/aromatic N) is 1. The van der Waals surface area contributed by atoms with Gasteiger partial charge in [0.2, 0.25) is 0 Å². The minimum absolute atomic E-state index is 0.178. The number of carbonyl (C=O) groups is 1. The molecule has 2 N–H and O–H groups in total. The highest BCUT2D eigenvalue weighted by atomic mass is 16.5. The molecule has 31 heavy (non-hydrogen) atoms. The van der Waals surface area contributed by atoms with Gasteiger partial charge >= 0.3 is 0 Å². The highest BCUT2D eigenvalue weighted by molar-refractivity contribution is 6.14. The van der Waals surface area contributed by atoms with Gasteiger partial charge in [-0.15, -0.1) is 0 Å². The molecule has 6 heteroatoms. The molecule has 2 heterocycles. The molecule has 4 rings (SSSR count). The van der Waals surface area contributed by atoms with Gasteiger partial charge in [-0.2, -0.15) is 0 Å². The molecule has 0 bridgehead atoms. The number of hydrogen-bond donors (Lipinski definition) is 2. The SMILES string of the molecule is CCc1cccc(CC)c1NC(=O)c1c(C)oc2ccc(O)c(CN3CCOCC3)c12. The van der Waals surface area contributed by atoms with Gasteiger partial charge in [-0.1, -0.05) is 32.0 Å². The lowest BCUT2D eigenvalue weighted by atomic mass is 10.0. The zero-order chi connectivity index (χ0) is 22.0. The molecule has 0 aliphatic carbocycles. The van der Waals surface area contributed by atoms with E-state index in [0.29, 0.717) is 42.1 Å². The van der Waals surface area contributed by atoms with Crippen LogP contribution in [0.4, 0.5) is 5.69 Å². The van der Waals surface area contributed by atoms with Crippen LogP contribution in [0.25, 0.3) is 11.0 Å². The van der Waals surface area contributed by atoms with E-state index in [1.807, 2.05) is 18.2 Å². The molecule has 0 unspecified atom stereocenters. The summed E-state index contributed by atoms with van der Waals surface area (Å²) in [4.78, 5) is 15.7. The van der Waals surface area contributed by atoms with Crippen LogP contribution in [0, 0.1) is 6.92 Å². The lowest BCUT2D eigenvalue weighted by Gasteiger charge is -2.27. The van der Waals surface area contributed by atoms with E-state index in [1.165, 1.54) is 0 Å². The highest BCUT2D eigenvalue weighted by Gasteiger charge is 2.25. The topological polar surface area (TPSA) is 74.9 Å². The van der Waals surface area contributed by atoms with Crippen molar-refractivity contribution >= 4 is 22.6 Å². The predicted octanol–water partition coefficient (Wildman–Crippen LogP) is 4.66. The maximum absolute atomic E-state index is 13.5. The Bertz CT molecular complexity index is 1070. The van der Waals surface area contributed by atoms with Gasteiger partial charge in [0.25, 0.3) is 5.91 Å². The molecule has 0 spiro atoms. The van der Waals surface area contributed by atoms with Crippen molar-refractivity contribution in [1.29, 1.82) is 0 Å². The number of hydrogen-bond acceptors (Lipinski definition) is 5. The number of amides is 1. The Labute approximate surface area is 182 Å². The Morgan fingerprint density at radius 3 is 2.42 bits per heavy atom. The zero-order valence-electron chi connectivity index (χ0n) is 18.5. The second-order valence-electron chi connectivity index (χ2n) is 7.97.